The van der Waals surface area contributed by atoms with Crippen molar-refractivity contribution in [3.05, 3.63) is 58.1 Å². The van der Waals surface area contributed by atoms with E-state index in [0.717, 1.165) is 26.8 Å². The third-order valence-electron chi connectivity index (χ3n) is 3.32. The molecule has 0 spiro atoms. The zero-order valence-electron chi connectivity index (χ0n) is 12.7. The van der Waals surface area contributed by atoms with Gasteiger partial charge in [-0.2, -0.15) is 5.10 Å². The zero-order valence-corrected chi connectivity index (χ0v) is 13.5. The molecule has 23 heavy (non-hydrogen) atoms. The third-order valence-corrected chi connectivity index (χ3v) is 4.43. The molecule has 3 aromatic rings. The smallest absolute Gasteiger partial charge is 0.272 e. The number of amides is 1. The number of H-pyrrole nitrogens is 1. The Balaban J connectivity index is 1.69. The largest absolute Gasteiger partial charge is 0.347 e. The Morgan fingerprint density at radius 1 is 1.30 bits per heavy atom. The number of nitrogens with zero attached hydrogens (tertiary/aromatic N) is 2. The molecule has 2 N–H and O–H groups in total. The molecular weight excluding hydrogens is 315 g/mol. The van der Waals surface area contributed by atoms with Crippen molar-refractivity contribution in [2.45, 2.75) is 20.4 Å². The van der Waals surface area contributed by atoms with Gasteiger partial charge in [0.2, 0.25) is 0 Å². The number of halogens is 1. The highest BCUT2D eigenvalue weighted by Crippen LogP contribution is 2.28. The van der Waals surface area contributed by atoms with E-state index >= 15 is 0 Å². The summed E-state index contributed by atoms with van der Waals surface area (Å²) in [6.45, 7) is 4.18. The van der Waals surface area contributed by atoms with Crippen LogP contribution in [-0.2, 0) is 6.54 Å². The van der Waals surface area contributed by atoms with Gasteiger partial charge in [0.1, 0.15) is 5.82 Å². The van der Waals surface area contributed by atoms with Crippen LogP contribution < -0.4 is 5.32 Å². The highest BCUT2D eigenvalue weighted by atomic mass is 32.1. The molecule has 3 rings (SSSR count). The lowest BCUT2D eigenvalue weighted by atomic mass is 10.2. The number of hydrogen-bond acceptors (Lipinski definition) is 4. The maximum Gasteiger partial charge on any atom is 0.272 e. The van der Waals surface area contributed by atoms with Crippen molar-refractivity contribution in [1.82, 2.24) is 20.5 Å². The number of aromatic amines is 1. The second-order valence-electron chi connectivity index (χ2n) is 5.12. The van der Waals surface area contributed by atoms with Crippen molar-refractivity contribution in [1.29, 1.82) is 0 Å². The summed E-state index contributed by atoms with van der Waals surface area (Å²) in [6.07, 6.45) is 0. The lowest BCUT2D eigenvalue weighted by Crippen LogP contribution is -2.23. The van der Waals surface area contributed by atoms with Gasteiger partial charge >= 0.3 is 0 Å². The van der Waals surface area contributed by atoms with E-state index in [2.05, 4.69) is 20.5 Å². The lowest BCUT2D eigenvalue weighted by Gasteiger charge is -2.03. The number of benzene rings is 1. The van der Waals surface area contributed by atoms with E-state index in [4.69, 9.17) is 0 Å². The van der Waals surface area contributed by atoms with Gasteiger partial charge in [0.15, 0.2) is 5.69 Å². The fraction of sp³-hybridized carbons (Fsp3) is 0.188. The number of rotatable bonds is 4. The predicted molar refractivity (Wildman–Crippen MR) is 86.7 cm³/mol. The summed E-state index contributed by atoms with van der Waals surface area (Å²) in [5.74, 6) is -0.581. The van der Waals surface area contributed by atoms with Crippen molar-refractivity contribution in [2.24, 2.45) is 0 Å². The van der Waals surface area contributed by atoms with Gasteiger partial charge in [-0.05, 0) is 37.6 Å². The Morgan fingerprint density at radius 3 is 2.70 bits per heavy atom. The van der Waals surface area contributed by atoms with E-state index in [0.29, 0.717) is 12.2 Å². The quantitative estimate of drug-likeness (QED) is 0.771. The molecule has 0 saturated carbocycles. The van der Waals surface area contributed by atoms with Crippen molar-refractivity contribution < 1.29 is 9.18 Å². The molecule has 1 amide bonds. The van der Waals surface area contributed by atoms with E-state index in [-0.39, 0.29) is 11.7 Å². The van der Waals surface area contributed by atoms with Gasteiger partial charge in [0.05, 0.1) is 21.3 Å². The van der Waals surface area contributed by atoms with Crippen LogP contribution in [0.1, 0.15) is 26.8 Å². The van der Waals surface area contributed by atoms with Gasteiger partial charge in [0.25, 0.3) is 5.91 Å². The Morgan fingerprint density at radius 2 is 2.04 bits per heavy atom. The Hall–Kier alpha value is -2.54. The zero-order chi connectivity index (χ0) is 16.4. The topological polar surface area (TPSA) is 70.7 Å². The molecule has 0 bridgehead atoms. The molecule has 2 aromatic heterocycles. The van der Waals surface area contributed by atoms with Crippen LogP contribution >= 0.6 is 11.3 Å². The van der Waals surface area contributed by atoms with Gasteiger partial charge in [0, 0.05) is 6.54 Å². The number of nitrogens with one attached hydrogen (secondary N) is 2. The van der Waals surface area contributed by atoms with Crippen molar-refractivity contribution in [2.75, 3.05) is 0 Å². The number of carbonyl (C=O) groups excluding carboxylic acids is 1. The minimum atomic E-state index is -0.299. The molecule has 0 aliphatic rings. The average molecular weight is 330 g/mol. The van der Waals surface area contributed by atoms with Gasteiger partial charge in [-0.15, -0.1) is 11.3 Å². The molecule has 0 saturated heterocycles. The first-order valence-electron chi connectivity index (χ1n) is 7.05. The summed E-state index contributed by atoms with van der Waals surface area (Å²) >= 11 is 1.55. The lowest BCUT2D eigenvalue weighted by molar-refractivity contribution is 0.0946. The minimum absolute atomic E-state index is 0.282. The van der Waals surface area contributed by atoms with Gasteiger partial charge in [-0.3, -0.25) is 9.89 Å². The van der Waals surface area contributed by atoms with E-state index in [9.17, 15) is 9.18 Å². The van der Waals surface area contributed by atoms with Crippen LogP contribution in [0.25, 0.3) is 10.6 Å². The van der Waals surface area contributed by atoms with Crippen molar-refractivity contribution in [3.8, 4) is 10.6 Å². The maximum absolute atomic E-state index is 12.8. The first-order chi connectivity index (χ1) is 11.0. The van der Waals surface area contributed by atoms with Crippen LogP contribution in [0, 0.1) is 19.7 Å². The standard InChI is InChI=1S/C16H15FN4OS/c1-9-15(23-10(2)19-9)13-7-14(21-20-13)16(22)18-8-11-3-5-12(17)6-4-11/h3-7H,8H2,1-2H3,(H,18,22)(H,20,21). The molecule has 0 fully saturated rings. The summed E-state index contributed by atoms with van der Waals surface area (Å²) < 4.78 is 12.8. The third kappa shape index (κ3) is 3.45. The summed E-state index contributed by atoms with van der Waals surface area (Å²) in [4.78, 5) is 17.5. The van der Waals surface area contributed by atoms with Crippen LogP contribution in [0.15, 0.2) is 30.3 Å². The molecule has 2 heterocycles. The first kappa shape index (κ1) is 15.4. The normalized spacial score (nSPS) is 10.7. The number of thiazole rings is 1. The molecular formula is C16H15FN4OS. The van der Waals surface area contributed by atoms with Gasteiger partial charge in [-0.1, -0.05) is 12.1 Å². The Labute approximate surface area is 136 Å². The number of aromatic nitrogens is 3. The first-order valence-corrected chi connectivity index (χ1v) is 7.87. The highest BCUT2D eigenvalue weighted by Gasteiger charge is 2.14. The molecule has 0 aliphatic heterocycles. The predicted octanol–water partition coefficient (Wildman–Crippen LogP) is 3.22. The second-order valence-corrected chi connectivity index (χ2v) is 6.33. The maximum atomic E-state index is 12.8. The summed E-state index contributed by atoms with van der Waals surface area (Å²) in [6, 6.07) is 7.70. The fourth-order valence-electron chi connectivity index (χ4n) is 2.21. The Bertz CT molecular complexity index is 838. The van der Waals surface area contributed by atoms with E-state index in [1.807, 2.05) is 13.8 Å². The van der Waals surface area contributed by atoms with E-state index in [1.54, 1.807) is 29.5 Å². The van der Waals surface area contributed by atoms with Crippen LogP contribution in [0.2, 0.25) is 0 Å². The van der Waals surface area contributed by atoms with Crippen LogP contribution in [0.3, 0.4) is 0 Å². The minimum Gasteiger partial charge on any atom is -0.347 e. The Kier molecular flexibility index (Phi) is 4.20. The second kappa shape index (κ2) is 6.29. The monoisotopic (exact) mass is 330 g/mol. The van der Waals surface area contributed by atoms with Crippen LogP contribution in [0.5, 0.6) is 0 Å². The highest BCUT2D eigenvalue weighted by molar-refractivity contribution is 7.15. The molecule has 0 aliphatic carbocycles. The van der Waals surface area contributed by atoms with E-state index in [1.165, 1.54) is 12.1 Å². The number of hydrogen-bond donors (Lipinski definition) is 2. The molecule has 0 radical (unpaired) electrons. The SMILES string of the molecule is Cc1nc(C)c(-c2cc(C(=O)NCc3ccc(F)cc3)n[nH]2)s1. The number of aryl methyl sites for hydroxylation is 2. The molecule has 7 heteroatoms. The van der Waals surface area contributed by atoms with Gasteiger partial charge < -0.3 is 5.32 Å². The molecule has 118 valence electrons. The van der Waals surface area contributed by atoms with Crippen molar-refractivity contribution >= 4 is 17.2 Å². The summed E-state index contributed by atoms with van der Waals surface area (Å²) in [7, 11) is 0. The molecule has 1 aromatic carbocycles. The fourth-order valence-corrected chi connectivity index (χ4v) is 3.10. The van der Waals surface area contributed by atoms with Crippen LogP contribution in [0.4, 0.5) is 4.39 Å². The van der Waals surface area contributed by atoms with Crippen LogP contribution in [-0.4, -0.2) is 21.1 Å². The number of carbonyl (C=O) groups is 1. The summed E-state index contributed by atoms with van der Waals surface area (Å²) in [5, 5.41) is 10.7. The molecule has 5 nitrogen and oxygen atoms in total. The molecule has 0 atom stereocenters. The molecule has 0 unspecified atom stereocenters. The van der Waals surface area contributed by atoms with Gasteiger partial charge in [-0.25, -0.2) is 9.37 Å². The van der Waals surface area contributed by atoms with Crippen molar-refractivity contribution in [3.63, 3.8) is 0 Å². The summed E-state index contributed by atoms with van der Waals surface area (Å²) in [5.41, 5.74) is 2.83. The van der Waals surface area contributed by atoms with E-state index < -0.39 is 0 Å². The average Bonchev–Trinajstić information content (AvgIpc) is 3.13.